The van der Waals surface area contributed by atoms with Crippen molar-refractivity contribution in [1.82, 2.24) is 4.98 Å². The number of carbonyl (C=O) groups is 1. The molecule has 0 aromatic carbocycles. The molecule has 2 rings (SSSR count). The number of nitrogens with one attached hydrogen (secondary N) is 2. The monoisotopic (exact) mass is 304 g/mol. The van der Waals surface area contributed by atoms with E-state index >= 15 is 0 Å². The van der Waals surface area contributed by atoms with E-state index in [0.29, 0.717) is 11.7 Å². The smallest absolute Gasteiger partial charge is 0.228 e. The summed E-state index contributed by atoms with van der Waals surface area (Å²) in [5.74, 6) is 1.98. The second-order valence-electron chi connectivity index (χ2n) is 5.52. The normalized spacial score (nSPS) is 13.8. The molecule has 1 aliphatic carbocycles. The number of pyridine rings is 1. The van der Waals surface area contributed by atoms with Crippen LogP contribution < -0.4 is 10.6 Å². The number of aromatic nitrogens is 1. The first kappa shape index (κ1) is 18.1. The van der Waals surface area contributed by atoms with Gasteiger partial charge in [0.05, 0.1) is 6.34 Å². The third-order valence-electron chi connectivity index (χ3n) is 3.46. The second kappa shape index (κ2) is 8.51. The van der Waals surface area contributed by atoms with Crippen molar-refractivity contribution in [3.8, 4) is 0 Å². The Morgan fingerprint density at radius 2 is 2.05 bits per heavy atom. The molecule has 5 heteroatoms. The molecule has 5 nitrogen and oxygen atoms in total. The summed E-state index contributed by atoms with van der Waals surface area (Å²) in [6.07, 6.45) is 3.58. The van der Waals surface area contributed by atoms with Crippen LogP contribution in [0.5, 0.6) is 0 Å². The quantitative estimate of drug-likeness (QED) is 0.639. The number of hydrogen-bond acceptors (Lipinski definition) is 3. The minimum absolute atomic E-state index is 0.0752. The lowest BCUT2D eigenvalue weighted by Crippen LogP contribution is -2.16. The summed E-state index contributed by atoms with van der Waals surface area (Å²) >= 11 is 0. The molecular weight excluding hydrogens is 276 g/mol. The molecule has 0 aliphatic heterocycles. The molecule has 0 saturated heterocycles. The summed E-state index contributed by atoms with van der Waals surface area (Å²) in [5.41, 5.74) is 2.27. The van der Waals surface area contributed by atoms with E-state index in [2.05, 4.69) is 34.5 Å². The number of hydrogen-bond donors (Lipinski definition) is 2. The highest BCUT2D eigenvalue weighted by molar-refractivity contribution is 5.93. The molecule has 22 heavy (non-hydrogen) atoms. The van der Waals surface area contributed by atoms with Crippen molar-refractivity contribution < 1.29 is 4.79 Å². The van der Waals surface area contributed by atoms with E-state index in [9.17, 15) is 4.79 Å². The number of carbonyl (C=O) groups excluding carboxylic acids is 1. The average Bonchev–Trinajstić information content (AvgIpc) is 3.34. The molecule has 1 aromatic rings. The molecule has 0 spiro atoms. The maximum absolute atomic E-state index is 11.9. The van der Waals surface area contributed by atoms with Crippen LogP contribution in [0.15, 0.2) is 11.1 Å². The fourth-order valence-electron chi connectivity index (χ4n) is 2.13. The Morgan fingerprint density at radius 1 is 1.41 bits per heavy atom. The van der Waals surface area contributed by atoms with Crippen LogP contribution in [0.1, 0.15) is 57.6 Å². The van der Waals surface area contributed by atoms with Gasteiger partial charge in [0, 0.05) is 13.0 Å². The highest BCUT2D eigenvalue weighted by Crippen LogP contribution is 2.31. The number of amides is 1. The van der Waals surface area contributed by atoms with Gasteiger partial charge in [0.25, 0.3) is 0 Å². The van der Waals surface area contributed by atoms with Gasteiger partial charge in [-0.05, 0) is 42.9 Å². The SMILES string of the molecule is CC.CN=CNc1nc(NC(=O)C2CC2)cc(C(C)C)c1C. The molecule has 122 valence electrons. The summed E-state index contributed by atoms with van der Waals surface area (Å²) in [6, 6.07) is 1.97. The standard InChI is InChI=1S/C15H22N4O.C2H6/c1-9(2)12-7-13(19-15(20)11-5-6-11)18-14(10(12)3)17-8-16-4;1-2/h7-9,11H,5-6H2,1-4H3,(H2,16,17,18,19,20);1-2H3. The van der Waals surface area contributed by atoms with Crippen molar-refractivity contribution >= 4 is 23.9 Å². The molecule has 1 amide bonds. The largest absolute Gasteiger partial charge is 0.331 e. The van der Waals surface area contributed by atoms with Crippen molar-refractivity contribution in [1.29, 1.82) is 0 Å². The average molecular weight is 304 g/mol. The van der Waals surface area contributed by atoms with E-state index in [1.54, 1.807) is 13.4 Å². The van der Waals surface area contributed by atoms with E-state index in [0.717, 1.165) is 24.2 Å². The first-order chi connectivity index (χ1) is 10.5. The van der Waals surface area contributed by atoms with Gasteiger partial charge < -0.3 is 10.6 Å². The Kier molecular flexibility index (Phi) is 7.02. The lowest BCUT2D eigenvalue weighted by molar-refractivity contribution is -0.117. The maximum atomic E-state index is 11.9. The lowest BCUT2D eigenvalue weighted by Gasteiger charge is -2.16. The van der Waals surface area contributed by atoms with Crippen LogP contribution in [-0.2, 0) is 4.79 Å². The Morgan fingerprint density at radius 3 is 2.55 bits per heavy atom. The Labute approximate surface area is 133 Å². The summed E-state index contributed by atoms with van der Waals surface area (Å²) in [6.45, 7) is 10.3. The van der Waals surface area contributed by atoms with Crippen molar-refractivity contribution in [2.75, 3.05) is 17.7 Å². The van der Waals surface area contributed by atoms with Crippen molar-refractivity contribution in [2.45, 2.75) is 53.4 Å². The van der Waals surface area contributed by atoms with Gasteiger partial charge in [0.2, 0.25) is 5.91 Å². The third-order valence-corrected chi connectivity index (χ3v) is 3.46. The van der Waals surface area contributed by atoms with Crippen LogP contribution in [-0.4, -0.2) is 24.3 Å². The first-order valence-electron chi connectivity index (χ1n) is 8.02. The van der Waals surface area contributed by atoms with E-state index in [4.69, 9.17) is 0 Å². The number of anilines is 2. The summed E-state index contributed by atoms with van der Waals surface area (Å²) < 4.78 is 0. The molecule has 0 unspecified atom stereocenters. The van der Waals surface area contributed by atoms with Crippen LogP contribution in [0, 0.1) is 12.8 Å². The highest BCUT2D eigenvalue weighted by atomic mass is 16.2. The van der Waals surface area contributed by atoms with Crippen molar-refractivity contribution in [3.63, 3.8) is 0 Å². The van der Waals surface area contributed by atoms with E-state index in [1.165, 1.54) is 5.56 Å². The van der Waals surface area contributed by atoms with E-state index in [1.807, 2.05) is 26.8 Å². The number of nitrogens with zero attached hydrogens (tertiary/aromatic N) is 2. The molecular formula is C17H28N4O. The first-order valence-corrected chi connectivity index (χ1v) is 8.02. The zero-order chi connectivity index (χ0) is 16.7. The van der Waals surface area contributed by atoms with Gasteiger partial charge in [0.1, 0.15) is 11.6 Å². The zero-order valence-corrected chi connectivity index (χ0v) is 14.5. The zero-order valence-electron chi connectivity index (χ0n) is 14.5. The number of rotatable bonds is 5. The molecule has 1 aromatic heterocycles. The molecule has 1 aliphatic rings. The topological polar surface area (TPSA) is 66.4 Å². The maximum Gasteiger partial charge on any atom is 0.228 e. The van der Waals surface area contributed by atoms with Crippen molar-refractivity contribution in [2.24, 2.45) is 10.9 Å². The summed E-state index contributed by atoms with van der Waals surface area (Å²) in [7, 11) is 1.70. The van der Waals surface area contributed by atoms with Crippen LogP contribution in [0.2, 0.25) is 0 Å². The Balaban J connectivity index is 0.00000116. The van der Waals surface area contributed by atoms with Crippen LogP contribution in [0.3, 0.4) is 0 Å². The van der Waals surface area contributed by atoms with Crippen LogP contribution in [0.4, 0.5) is 11.6 Å². The van der Waals surface area contributed by atoms with E-state index < -0.39 is 0 Å². The highest BCUT2D eigenvalue weighted by Gasteiger charge is 2.30. The predicted molar refractivity (Wildman–Crippen MR) is 93.8 cm³/mol. The van der Waals surface area contributed by atoms with Gasteiger partial charge in [-0.1, -0.05) is 27.7 Å². The minimum atomic E-state index is 0.0752. The third kappa shape index (κ3) is 4.83. The summed E-state index contributed by atoms with van der Waals surface area (Å²) in [4.78, 5) is 20.2. The molecule has 1 fully saturated rings. The second-order valence-corrected chi connectivity index (χ2v) is 5.52. The molecule has 0 atom stereocenters. The molecule has 2 N–H and O–H groups in total. The predicted octanol–water partition coefficient (Wildman–Crippen LogP) is 3.96. The minimum Gasteiger partial charge on any atom is -0.331 e. The van der Waals surface area contributed by atoms with Crippen molar-refractivity contribution in [3.05, 3.63) is 17.2 Å². The molecule has 1 saturated carbocycles. The molecule has 0 bridgehead atoms. The van der Waals surface area contributed by atoms with E-state index in [-0.39, 0.29) is 11.8 Å². The van der Waals surface area contributed by atoms with Gasteiger partial charge in [-0.15, -0.1) is 0 Å². The fraction of sp³-hybridized carbons (Fsp3) is 0.588. The van der Waals surface area contributed by atoms with Crippen LogP contribution in [0.25, 0.3) is 0 Å². The van der Waals surface area contributed by atoms with Crippen LogP contribution >= 0.6 is 0 Å². The summed E-state index contributed by atoms with van der Waals surface area (Å²) in [5, 5.41) is 5.97. The van der Waals surface area contributed by atoms with Gasteiger partial charge in [-0.25, -0.2) is 4.98 Å². The lowest BCUT2D eigenvalue weighted by atomic mass is 9.99. The fourth-order valence-corrected chi connectivity index (χ4v) is 2.13. The Hall–Kier alpha value is -1.91. The number of aliphatic imine (C=N–C) groups is 1. The van der Waals surface area contributed by atoms with Gasteiger partial charge >= 0.3 is 0 Å². The van der Waals surface area contributed by atoms with Gasteiger partial charge in [-0.2, -0.15) is 0 Å². The van der Waals surface area contributed by atoms with Gasteiger partial charge in [-0.3, -0.25) is 9.79 Å². The van der Waals surface area contributed by atoms with Gasteiger partial charge in [0.15, 0.2) is 0 Å². The Bertz CT molecular complexity index is 534. The molecule has 1 heterocycles. The molecule has 0 radical (unpaired) electrons.